The molecule has 3 N–H and O–H groups in total. The number of morpholine rings is 1. The Morgan fingerprint density at radius 3 is 2.79 bits per heavy atom. The first-order valence-corrected chi connectivity index (χ1v) is 9.53. The van der Waals surface area contributed by atoms with Crippen LogP contribution < -0.4 is 15.4 Å². The first kappa shape index (κ1) is 17.2. The van der Waals surface area contributed by atoms with E-state index in [4.69, 9.17) is 9.15 Å². The van der Waals surface area contributed by atoms with Gasteiger partial charge < -0.3 is 14.1 Å². The number of hydrogen-bond acceptors (Lipinski definition) is 5. The number of aromatic amines is 1. The molecular formula is C15H22N3O5S+. The molecule has 0 unspecified atom stereocenters. The van der Waals surface area contributed by atoms with Crippen LogP contribution in [0.15, 0.2) is 32.3 Å². The Hall–Kier alpha value is -1.68. The van der Waals surface area contributed by atoms with Crippen LogP contribution in [0.25, 0.3) is 11.1 Å². The standard InChI is InChI=1S/C15H21N3O5S/c1-2-11(10-18-5-7-22-8-6-18)17-24(20,21)12-3-4-13-14(9-12)23-15(19)16-13/h3-4,9,11,17H,2,5-8,10H2,1H3,(H,16,19)/p+1/t11-/m1/s1. The highest BCUT2D eigenvalue weighted by atomic mass is 32.2. The fourth-order valence-electron chi connectivity index (χ4n) is 2.86. The average Bonchev–Trinajstić information content (AvgIpc) is 2.94. The highest BCUT2D eigenvalue weighted by molar-refractivity contribution is 7.89. The van der Waals surface area contributed by atoms with E-state index in [9.17, 15) is 13.2 Å². The summed E-state index contributed by atoms with van der Waals surface area (Å²) < 4.78 is 38.3. The van der Waals surface area contributed by atoms with Gasteiger partial charge in [0.15, 0.2) is 5.58 Å². The van der Waals surface area contributed by atoms with Crippen LogP contribution in [0.4, 0.5) is 0 Å². The second-order valence-electron chi connectivity index (χ2n) is 5.97. The predicted molar refractivity (Wildman–Crippen MR) is 87.6 cm³/mol. The minimum atomic E-state index is -3.68. The molecule has 2 heterocycles. The molecule has 1 saturated heterocycles. The normalized spacial score (nSPS) is 18.0. The van der Waals surface area contributed by atoms with Crippen LogP contribution in [-0.4, -0.2) is 52.3 Å². The molecule has 0 aliphatic carbocycles. The topological polar surface area (TPSA) is 106 Å². The molecule has 1 aliphatic rings. The minimum Gasteiger partial charge on any atom is -0.408 e. The Balaban J connectivity index is 1.75. The SMILES string of the molecule is CC[C@H](C[NH+]1CCOCC1)NS(=O)(=O)c1ccc2[nH]c(=O)oc2c1. The summed E-state index contributed by atoms with van der Waals surface area (Å²) in [4.78, 5) is 15.1. The van der Waals surface area contributed by atoms with Gasteiger partial charge in [0.2, 0.25) is 10.0 Å². The van der Waals surface area contributed by atoms with Gasteiger partial charge >= 0.3 is 5.76 Å². The van der Waals surface area contributed by atoms with E-state index in [0.29, 0.717) is 25.2 Å². The molecule has 24 heavy (non-hydrogen) atoms. The summed E-state index contributed by atoms with van der Waals surface area (Å²) in [7, 11) is -3.68. The van der Waals surface area contributed by atoms with Crippen LogP contribution in [0.5, 0.6) is 0 Å². The molecule has 8 nitrogen and oxygen atoms in total. The van der Waals surface area contributed by atoms with Crippen molar-refractivity contribution in [3.8, 4) is 0 Å². The second-order valence-corrected chi connectivity index (χ2v) is 7.68. The van der Waals surface area contributed by atoms with Crippen molar-refractivity contribution in [1.29, 1.82) is 0 Å². The minimum absolute atomic E-state index is 0.0909. The lowest BCUT2D eigenvalue weighted by molar-refractivity contribution is -0.909. The van der Waals surface area contributed by atoms with E-state index >= 15 is 0 Å². The summed E-state index contributed by atoms with van der Waals surface area (Å²) in [5.74, 6) is -0.602. The molecular weight excluding hydrogens is 334 g/mol. The Kier molecular flexibility index (Phi) is 5.04. The molecule has 9 heteroatoms. The lowest BCUT2D eigenvalue weighted by atomic mass is 10.2. The van der Waals surface area contributed by atoms with Gasteiger partial charge in [0.1, 0.15) is 13.1 Å². The quantitative estimate of drug-likeness (QED) is 0.622. The lowest BCUT2D eigenvalue weighted by Crippen LogP contribution is -3.15. The molecule has 2 aromatic rings. The fourth-order valence-corrected chi connectivity index (χ4v) is 4.20. The summed E-state index contributed by atoms with van der Waals surface area (Å²) in [5.41, 5.74) is 0.707. The van der Waals surface area contributed by atoms with Gasteiger partial charge in [-0.05, 0) is 18.6 Å². The Morgan fingerprint density at radius 2 is 2.08 bits per heavy atom. The smallest absolute Gasteiger partial charge is 0.408 e. The third-order valence-corrected chi connectivity index (χ3v) is 5.77. The first-order valence-electron chi connectivity index (χ1n) is 8.04. The van der Waals surface area contributed by atoms with Crippen LogP contribution in [0.3, 0.4) is 0 Å². The first-order chi connectivity index (χ1) is 11.5. The molecule has 3 rings (SSSR count). The molecule has 1 aromatic carbocycles. The maximum Gasteiger partial charge on any atom is 0.417 e. The van der Waals surface area contributed by atoms with Crippen molar-refractivity contribution in [3.05, 3.63) is 28.7 Å². The zero-order chi connectivity index (χ0) is 17.2. The maximum atomic E-state index is 12.6. The summed E-state index contributed by atoms with van der Waals surface area (Å²) in [5, 5.41) is 0. The van der Waals surface area contributed by atoms with Crippen LogP contribution in [0, 0.1) is 0 Å². The lowest BCUT2D eigenvalue weighted by Gasteiger charge is -2.27. The van der Waals surface area contributed by atoms with Crippen LogP contribution >= 0.6 is 0 Å². The number of ether oxygens (including phenoxy) is 1. The maximum absolute atomic E-state index is 12.6. The number of sulfonamides is 1. The summed E-state index contributed by atoms with van der Waals surface area (Å²) in [6.07, 6.45) is 0.699. The number of fused-ring (bicyclic) bond motifs is 1. The number of oxazole rings is 1. The van der Waals surface area contributed by atoms with Gasteiger partial charge in [-0.2, -0.15) is 0 Å². The van der Waals surface area contributed by atoms with Crippen molar-refractivity contribution in [2.75, 3.05) is 32.8 Å². The second kappa shape index (κ2) is 7.06. The Labute approximate surface area is 139 Å². The average molecular weight is 356 g/mol. The van der Waals surface area contributed by atoms with Gasteiger partial charge in [-0.1, -0.05) is 6.92 Å². The van der Waals surface area contributed by atoms with Gasteiger partial charge in [0.05, 0.1) is 36.2 Å². The van der Waals surface area contributed by atoms with Crippen molar-refractivity contribution < 1.29 is 22.5 Å². The van der Waals surface area contributed by atoms with E-state index in [2.05, 4.69) is 9.71 Å². The fraction of sp³-hybridized carbons (Fsp3) is 0.533. The third-order valence-electron chi connectivity index (χ3n) is 4.25. The van der Waals surface area contributed by atoms with Crippen molar-refractivity contribution in [2.45, 2.75) is 24.3 Å². The van der Waals surface area contributed by atoms with Crippen LogP contribution in [-0.2, 0) is 14.8 Å². The van der Waals surface area contributed by atoms with E-state index in [1.54, 1.807) is 0 Å². The monoisotopic (exact) mass is 356 g/mol. The molecule has 0 amide bonds. The molecule has 1 atom stereocenters. The number of rotatable bonds is 6. The van der Waals surface area contributed by atoms with Gasteiger partial charge in [0, 0.05) is 6.07 Å². The largest absolute Gasteiger partial charge is 0.417 e. The summed E-state index contributed by atoms with van der Waals surface area (Å²) in [6.45, 7) is 5.88. The van der Waals surface area contributed by atoms with Crippen molar-refractivity contribution in [3.63, 3.8) is 0 Å². The zero-order valence-electron chi connectivity index (χ0n) is 13.5. The van der Waals surface area contributed by atoms with Gasteiger partial charge in [-0.3, -0.25) is 4.98 Å². The van der Waals surface area contributed by atoms with Gasteiger partial charge in [0.25, 0.3) is 0 Å². The number of aromatic nitrogens is 1. The molecule has 0 spiro atoms. The summed E-state index contributed by atoms with van der Waals surface area (Å²) >= 11 is 0. The van der Waals surface area contributed by atoms with E-state index in [1.165, 1.54) is 23.1 Å². The van der Waals surface area contributed by atoms with Gasteiger partial charge in [-0.15, -0.1) is 0 Å². The Morgan fingerprint density at radius 1 is 1.33 bits per heavy atom. The van der Waals surface area contributed by atoms with E-state index in [-0.39, 0.29) is 16.5 Å². The van der Waals surface area contributed by atoms with Crippen molar-refractivity contribution in [2.24, 2.45) is 0 Å². The molecule has 0 radical (unpaired) electrons. The third kappa shape index (κ3) is 3.86. The molecule has 132 valence electrons. The van der Waals surface area contributed by atoms with E-state index in [1.807, 2.05) is 6.92 Å². The molecule has 1 fully saturated rings. The summed E-state index contributed by atoms with van der Waals surface area (Å²) in [6, 6.07) is 4.20. The number of nitrogens with one attached hydrogen (secondary N) is 3. The molecule has 1 aromatic heterocycles. The number of quaternary nitrogens is 1. The number of hydrogen-bond donors (Lipinski definition) is 3. The van der Waals surface area contributed by atoms with Gasteiger partial charge in [-0.25, -0.2) is 17.9 Å². The molecule has 0 bridgehead atoms. The van der Waals surface area contributed by atoms with Crippen LogP contribution in [0.1, 0.15) is 13.3 Å². The van der Waals surface area contributed by atoms with E-state index < -0.39 is 15.8 Å². The number of benzene rings is 1. The van der Waals surface area contributed by atoms with Crippen LogP contribution in [0.2, 0.25) is 0 Å². The molecule has 1 aliphatic heterocycles. The van der Waals surface area contributed by atoms with E-state index in [0.717, 1.165) is 19.6 Å². The van der Waals surface area contributed by atoms with Crippen molar-refractivity contribution in [1.82, 2.24) is 9.71 Å². The predicted octanol–water partition coefficient (Wildman–Crippen LogP) is -0.907. The highest BCUT2D eigenvalue weighted by Crippen LogP contribution is 2.17. The zero-order valence-corrected chi connectivity index (χ0v) is 14.3. The van der Waals surface area contributed by atoms with Crippen molar-refractivity contribution >= 4 is 21.1 Å². The number of H-pyrrole nitrogens is 1. The Bertz CT molecular complexity index is 851. The molecule has 0 saturated carbocycles. The highest BCUT2D eigenvalue weighted by Gasteiger charge is 2.24.